The summed E-state index contributed by atoms with van der Waals surface area (Å²) >= 11 is 3.16. The highest BCUT2D eigenvalue weighted by atomic mass is 79.9. The summed E-state index contributed by atoms with van der Waals surface area (Å²) in [5, 5.41) is 15.5. The van der Waals surface area contributed by atoms with Crippen molar-refractivity contribution in [1.29, 1.82) is 0 Å². The Morgan fingerprint density at radius 1 is 1.63 bits per heavy atom. The standard InChI is InChI=1S/C11H17BrN4O3/c1-3-15(2)9(18)7-13-8-6-14-16(4-5-17)11(19)10(8)12/h6,13,17H,3-5,7H2,1-2H3. The lowest BCUT2D eigenvalue weighted by atomic mass is 10.4. The van der Waals surface area contributed by atoms with Crippen LogP contribution in [0.5, 0.6) is 0 Å². The van der Waals surface area contributed by atoms with Gasteiger partial charge in [0.1, 0.15) is 4.47 Å². The van der Waals surface area contributed by atoms with Crippen LogP contribution in [0, 0.1) is 0 Å². The van der Waals surface area contributed by atoms with Crippen molar-refractivity contribution in [1.82, 2.24) is 14.7 Å². The molecule has 1 heterocycles. The number of halogens is 1. The van der Waals surface area contributed by atoms with E-state index in [1.165, 1.54) is 6.20 Å². The smallest absolute Gasteiger partial charge is 0.283 e. The maximum absolute atomic E-state index is 11.8. The molecule has 0 atom stereocenters. The molecule has 7 nitrogen and oxygen atoms in total. The minimum atomic E-state index is -0.352. The molecule has 1 aromatic heterocycles. The Bertz CT molecular complexity index is 503. The molecule has 0 aromatic carbocycles. The average molecular weight is 333 g/mol. The maximum Gasteiger partial charge on any atom is 0.283 e. The van der Waals surface area contributed by atoms with Gasteiger partial charge in [0.15, 0.2) is 0 Å². The second-order valence-electron chi connectivity index (χ2n) is 3.89. The van der Waals surface area contributed by atoms with Gasteiger partial charge in [-0.3, -0.25) is 9.59 Å². The molecule has 2 N–H and O–H groups in total. The van der Waals surface area contributed by atoms with Crippen molar-refractivity contribution < 1.29 is 9.90 Å². The first kappa shape index (κ1) is 15.6. The van der Waals surface area contributed by atoms with E-state index in [4.69, 9.17) is 5.11 Å². The van der Waals surface area contributed by atoms with Crippen molar-refractivity contribution in [2.75, 3.05) is 32.1 Å². The third-order valence-corrected chi connectivity index (χ3v) is 3.39. The molecule has 0 bridgehead atoms. The number of rotatable bonds is 6. The van der Waals surface area contributed by atoms with Crippen LogP contribution in [0.1, 0.15) is 6.92 Å². The lowest BCUT2D eigenvalue weighted by Gasteiger charge is -2.15. The fourth-order valence-electron chi connectivity index (χ4n) is 1.32. The second-order valence-corrected chi connectivity index (χ2v) is 4.68. The first-order valence-electron chi connectivity index (χ1n) is 5.85. The van der Waals surface area contributed by atoms with Crippen molar-refractivity contribution in [3.63, 3.8) is 0 Å². The van der Waals surface area contributed by atoms with E-state index < -0.39 is 0 Å². The second kappa shape index (κ2) is 7.25. The number of likely N-dealkylation sites (N-methyl/N-ethyl adjacent to an activating group) is 1. The number of hydrogen-bond acceptors (Lipinski definition) is 5. The molecule has 8 heteroatoms. The molecule has 19 heavy (non-hydrogen) atoms. The van der Waals surface area contributed by atoms with Gasteiger partial charge in [-0.05, 0) is 22.9 Å². The molecule has 0 unspecified atom stereocenters. The Morgan fingerprint density at radius 2 is 2.32 bits per heavy atom. The van der Waals surface area contributed by atoms with E-state index in [-0.39, 0.29) is 31.2 Å². The van der Waals surface area contributed by atoms with Crippen molar-refractivity contribution >= 4 is 27.5 Å². The number of hydrogen-bond donors (Lipinski definition) is 2. The van der Waals surface area contributed by atoms with Gasteiger partial charge < -0.3 is 15.3 Å². The largest absolute Gasteiger partial charge is 0.394 e. The van der Waals surface area contributed by atoms with Crippen molar-refractivity contribution in [3.05, 3.63) is 21.0 Å². The van der Waals surface area contributed by atoms with Crippen LogP contribution < -0.4 is 10.9 Å². The Kier molecular flexibility index (Phi) is 5.97. The Balaban J connectivity index is 2.78. The van der Waals surface area contributed by atoms with Crippen LogP contribution in [0.15, 0.2) is 15.5 Å². The molecular weight excluding hydrogens is 316 g/mol. The molecule has 0 aliphatic rings. The quantitative estimate of drug-likeness (QED) is 0.758. The predicted octanol–water partition coefficient (Wildman–Crippen LogP) is -0.112. The fourth-order valence-corrected chi connectivity index (χ4v) is 1.77. The van der Waals surface area contributed by atoms with Gasteiger partial charge in [-0.2, -0.15) is 5.10 Å². The van der Waals surface area contributed by atoms with Crippen molar-refractivity contribution in [2.45, 2.75) is 13.5 Å². The third kappa shape index (κ3) is 4.03. The van der Waals surface area contributed by atoms with E-state index in [2.05, 4.69) is 26.3 Å². The van der Waals surface area contributed by atoms with Crippen LogP contribution in [0.3, 0.4) is 0 Å². The van der Waals surface area contributed by atoms with Gasteiger partial charge in [-0.25, -0.2) is 4.68 Å². The molecule has 1 aromatic rings. The molecule has 0 radical (unpaired) electrons. The highest BCUT2D eigenvalue weighted by Gasteiger charge is 2.11. The van der Waals surface area contributed by atoms with Gasteiger partial charge in [0.2, 0.25) is 5.91 Å². The summed E-state index contributed by atoms with van der Waals surface area (Å²) in [6, 6.07) is 0. The van der Waals surface area contributed by atoms with E-state index in [0.29, 0.717) is 16.7 Å². The number of carbonyl (C=O) groups excluding carboxylic acids is 1. The zero-order valence-corrected chi connectivity index (χ0v) is 12.5. The summed E-state index contributed by atoms with van der Waals surface area (Å²) < 4.78 is 1.44. The summed E-state index contributed by atoms with van der Waals surface area (Å²) in [6.45, 7) is 2.57. The van der Waals surface area contributed by atoms with E-state index in [0.717, 1.165) is 4.68 Å². The number of nitrogens with zero attached hydrogens (tertiary/aromatic N) is 3. The zero-order chi connectivity index (χ0) is 14.4. The number of anilines is 1. The summed E-state index contributed by atoms with van der Waals surface area (Å²) in [5.74, 6) is -0.0751. The minimum Gasteiger partial charge on any atom is -0.394 e. The number of aliphatic hydroxyl groups is 1. The van der Waals surface area contributed by atoms with E-state index in [9.17, 15) is 9.59 Å². The van der Waals surface area contributed by atoms with Crippen LogP contribution >= 0.6 is 15.9 Å². The van der Waals surface area contributed by atoms with Crippen molar-refractivity contribution in [3.8, 4) is 0 Å². The fraction of sp³-hybridized carbons (Fsp3) is 0.545. The summed E-state index contributed by atoms with van der Waals surface area (Å²) in [5.41, 5.74) is 0.104. The van der Waals surface area contributed by atoms with Crippen LogP contribution in [0.4, 0.5) is 5.69 Å². The summed E-state index contributed by atoms with van der Waals surface area (Å²) in [6.07, 6.45) is 1.44. The highest BCUT2D eigenvalue weighted by Crippen LogP contribution is 2.15. The van der Waals surface area contributed by atoms with Crippen LogP contribution in [-0.2, 0) is 11.3 Å². The Hall–Kier alpha value is -1.41. The van der Waals surface area contributed by atoms with Gasteiger partial charge in [0.05, 0.1) is 31.6 Å². The first-order valence-corrected chi connectivity index (χ1v) is 6.64. The SMILES string of the molecule is CCN(C)C(=O)CNc1cnn(CCO)c(=O)c1Br. The lowest BCUT2D eigenvalue weighted by molar-refractivity contribution is -0.127. The molecular formula is C11H17BrN4O3. The topological polar surface area (TPSA) is 87.5 Å². The first-order chi connectivity index (χ1) is 9.01. The van der Waals surface area contributed by atoms with Gasteiger partial charge in [0, 0.05) is 13.6 Å². The molecule has 0 aliphatic heterocycles. The predicted molar refractivity (Wildman–Crippen MR) is 75.1 cm³/mol. The van der Waals surface area contributed by atoms with Crippen LogP contribution in [-0.4, -0.2) is 52.4 Å². The monoisotopic (exact) mass is 332 g/mol. The number of nitrogens with one attached hydrogen (secondary N) is 1. The van der Waals surface area contributed by atoms with Gasteiger partial charge in [-0.1, -0.05) is 0 Å². The normalized spacial score (nSPS) is 10.3. The number of carbonyl (C=O) groups is 1. The van der Waals surface area contributed by atoms with Crippen molar-refractivity contribution in [2.24, 2.45) is 0 Å². The maximum atomic E-state index is 11.8. The molecule has 0 saturated heterocycles. The molecule has 1 rings (SSSR count). The molecule has 0 saturated carbocycles. The Morgan fingerprint density at radius 3 is 2.89 bits per heavy atom. The minimum absolute atomic E-state index is 0.0751. The number of aromatic nitrogens is 2. The molecule has 106 valence electrons. The van der Waals surface area contributed by atoms with Gasteiger partial charge in [0.25, 0.3) is 5.56 Å². The van der Waals surface area contributed by atoms with Crippen LogP contribution in [0.2, 0.25) is 0 Å². The lowest BCUT2D eigenvalue weighted by Crippen LogP contribution is -2.32. The average Bonchev–Trinajstić information content (AvgIpc) is 2.42. The Labute approximate surface area is 119 Å². The zero-order valence-electron chi connectivity index (χ0n) is 10.9. The van der Waals surface area contributed by atoms with Gasteiger partial charge >= 0.3 is 0 Å². The molecule has 0 fully saturated rings. The highest BCUT2D eigenvalue weighted by molar-refractivity contribution is 9.10. The van der Waals surface area contributed by atoms with E-state index in [1.54, 1.807) is 11.9 Å². The van der Waals surface area contributed by atoms with Crippen LogP contribution in [0.25, 0.3) is 0 Å². The summed E-state index contributed by atoms with van der Waals surface area (Å²) in [4.78, 5) is 25.0. The third-order valence-electron chi connectivity index (χ3n) is 2.63. The molecule has 1 amide bonds. The molecule has 0 aliphatic carbocycles. The molecule has 0 spiro atoms. The number of amides is 1. The van der Waals surface area contributed by atoms with E-state index in [1.807, 2.05) is 6.92 Å². The summed E-state index contributed by atoms with van der Waals surface area (Å²) in [7, 11) is 1.70. The van der Waals surface area contributed by atoms with E-state index >= 15 is 0 Å². The number of aliphatic hydroxyl groups excluding tert-OH is 1. The van der Waals surface area contributed by atoms with Gasteiger partial charge in [-0.15, -0.1) is 0 Å².